The van der Waals surface area contributed by atoms with Crippen LogP contribution in [0.25, 0.3) is 6.08 Å². The lowest BCUT2D eigenvalue weighted by Gasteiger charge is -2.37. The van der Waals surface area contributed by atoms with Crippen LogP contribution in [0.1, 0.15) is 30.4 Å². The van der Waals surface area contributed by atoms with E-state index in [1.807, 2.05) is 19.1 Å². The first-order valence-corrected chi connectivity index (χ1v) is 7.26. The van der Waals surface area contributed by atoms with E-state index in [0.717, 1.165) is 17.5 Å². The predicted molar refractivity (Wildman–Crippen MR) is 82.2 cm³/mol. The number of halogens is 1. The van der Waals surface area contributed by atoms with E-state index in [4.69, 9.17) is 11.6 Å². The van der Waals surface area contributed by atoms with Gasteiger partial charge in [-0.15, -0.1) is 0 Å². The summed E-state index contributed by atoms with van der Waals surface area (Å²) in [5.41, 5.74) is 1.04. The Bertz CT molecular complexity index is 591. The summed E-state index contributed by atoms with van der Waals surface area (Å²) in [7, 11) is 0. The van der Waals surface area contributed by atoms with Crippen molar-refractivity contribution in [1.82, 2.24) is 5.32 Å². The van der Waals surface area contributed by atoms with Crippen LogP contribution in [0.4, 0.5) is 0 Å². The Kier molecular flexibility index (Phi) is 4.68. The fraction of sp³-hybridized carbons (Fsp3) is 0.375. The van der Waals surface area contributed by atoms with Crippen molar-refractivity contribution in [3.63, 3.8) is 0 Å². The fourth-order valence-electron chi connectivity index (χ4n) is 2.27. The molecule has 21 heavy (non-hydrogen) atoms. The Morgan fingerprint density at radius 1 is 1.43 bits per heavy atom. The zero-order valence-electron chi connectivity index (χ0n) is 11.9. The largest absolute Gasteiger partial charge is 0.481 e. The van der Waals surface area contributed by atoms with Crippen molar-refractivity contribution in [3.8, 4) is 0 Å². The summed E-state index contributed by atoms with van der Waals surface area (Å²) in [6.07, 6.45) is 5.21. The number of benzene rings is 1. The van der Waals surface area contributed by atoms with Gasteiger partial charge in [0.05, 0.1) is 5.41 Å². The third-order valence-corrected chi connectivity index (χ3v) is 4.40. The van der Waals surface area contributed by atoms with Gasteiger partial charge in [0, 0.05) is 17.6 Å². The number of aliphatic carboxylic acids is 1. The lowest BCUT2D eigenvalue weighted by Crippen LogP contribution is -2.47. The summed E-state index contributed by atoms with van der Waals surface area (Å²) < 4.78 is 0. The highest BCUT2D eigenvalue weighted by Crippen LogP contribution is 2.40. The van der Waals surface area contributed by atoms with Crippen LogP contribution in [0, 0.1) is 12.3 Å². The molecule has 1 aromatic carbocycles. The van der Waals surface area contributed by atoms with Gasteiger partial charge in [0.2, 0.25) is 5.91 Å². The van der Waals surface area contributed by atoms with Crippen LogP contribution < -0.4 is 5.32 Å². The lowest BCUT2D eigenvalue weighted by molar-refractivity contribution is -0.154. The van der Waals surface area contributed by atoms with Crippen LogP contribution in [-0.4, -0.2) is 23.5 Å². The van der Waals surface area contributed by atoms with Gasteiger partial charge in [0.1, 0.15) is 0 Å². The van der Waals surface area contributed by atoms with Crippen molar-refractivity contribution in [2.24, 2.45) is 5.41 Å². The van der Waals surface area contributed by atoms with Gasteiger partial charge in [0.15, 0.2) is 0 Å². The average molecular weight is 308 g/mol. The summed E-state index contributed by atoms with van der Waals surface area (Å²) in [6.45, 7) is 2.09. The Balaban J connectivity index is 1.91. The topological polar surface area (TPSA) is 66.4 Å². The summed E-state index contributed by atoms with van der Waals surface area (Å²) in [6, 6.07) is 5.54. The third kappa shape index (κ3) is 3.64. The van der Waals surface area contributed by atoms with Gasteiger partial charge in [-0.05, 0) is 43.0 Å². The second kappa shape index (κ2) is 6.31. The van der Waals surface area contributed by atoms with Crippen molar-refractivity contribution in [2.45, 2.75) is 26.2 Å². The summed E-state index contributed by atoms with van der Waals surface area (Å²) in [5, 5.41) is 12.5. The maximum atomic E-state index is 11.8. The lowest BCUT2D eigenvalue weighted by atomic mass is 9.69. The molecule has 0 atom stereocenters. The van der Waals surface area contributed by atoms with Crippen LogP contribution >= 0.6 is 11.6 Å². The summed E-state index contributed by atoms with van der Waals surface area (Å²) >= 11 is 6.01. The maximum Gasteiger partial charge on any atom is 0.311 e. The molecule has 0 radical (unpaired) electrons. The molecule has 0 heterocycles. The first-order valence-electron chi connectivity index (χ1n) is 6.88. The van der Waals surface area contributed by atoms with Gasteiger partial charge in [0.25, 0.3) is 0 Å². The number of amides is 1. The van der Waals surface area contributed by atoms with E-state index in [1.54, 1.807) is 12.1 Å². The highest BCUT2D eigenvalue weighted by atomic mass is 35.5. The van der Waals surface area contributed by atoms with E-state index >= 15 is 0 Å². The Morgan fingerprint density at radius 3 is 2.67 bits per heavy atom. The molecule has 0 spiro atoms. The zero-order chi connectivity index (χ0) is 15.5. The van der Waals surface area contributed by atoms with Gasteiger partial charge in [-0.3, -0.25) is 9.59 Å². The van der Waals surface area contributed by atoms with Gasteiger partial charge >= 0.3 is 5.97 Å². The molecule has 0 bridgehead atoms. The SMILES string of the molecule is Cc1ccc(/C=C/C(=O)NCC2(C(=O)O)CCC2)cc1Cl. The van der Waals surface area contributed by atoms with Crippen molar-refractivity contribution in [2.75, 3.05) is 6.54 Å². The van der Waals surface area contributed by atoms with Crippen LogP contribution in [0.15, 0.2) is 24.3 Å². The Labute approximate surface area is 128 Å². The van der Waals surface area contributed by atoms with Crippen LogP contribution in [-0.2, 0) is 9.59 Å². The molecule has 1 aromatic rings. The van der Waals surface area contributed by atoms with Crippen molar-refractivity contribution in [3.05, 3.63) is 40.4 Å². The molecule has 2 rings (SSSR count). The normalized spacial score (nSPS) is 16.5. The highest BCUT2D eigenvalue weighted by molar-refractivity contribution is 6.31. The Hall–Kier alpha value is -1.81. The maximum absolute atomic E-state index is 11.8. The molecule has 1 aliphatic carbocycles. The molecule has 0 saturated heterocycles. The molecule has 1 aliphatic rings. The number of rotatable bonds is 5. The number of hydrogen-bond donors (Lipinski definition) is 2. The van der Waals surface area contributed by atoms with Crippen molar-refractivity contribution in [1.29, 1.82) is 0 Å². The summed E-state index contributed by atoms with van der Waals surface area (Å²) in [4.78, 5) is 22.9. The number of carbonyl (C=O) groups excluding carboxylic acids is 1. The molecule has 0 aromatic heterocycles. The number of carbonyl (C=O) groups is 2. The minimum Gasteiger partial charge on any atom is -0.481 e. The molecule has 1 saturated carbocycles. The van der Waals surface area contributed by atoms with Crippen LogP contribution in [0.2, 0.25) is 5.02 Å². The van der Waals surface area contributed by atoms with Crippen molar-refractivity contribution < 1.29 is 14.7 Å². The average Bonchev–Trinajstić information content (AvgIpc) is 2.38. The second-order valence-electron chi connectivity index (χ2n) is 5.50. The summed E-state index contributed by atoms with van der Waals surface area (Å²) in [5.74, 6) is -1.12. The van der Waals surface area contributed by atoms with Crippen LogP contribution in [0.5, 0.6) is 0 Å². The van der Waals surface area contributed by atoms with Gasteiger partial charge in [-0.1, -0.05) is 30.2 Å². The molecule has 5 heteroatoms. The quantitative estimate of drug-likeness (QED) is 0.822. The molecule has 0 unspecified atom stereocenters. The van der Waals surface area contributed by atoms with E-state index in [9.17, 15) is 14.7 Å². The molecule has 2 N–H and O–H groups in total. The molecule has 1 amide bonds. The van der Waals surface area contributed by atoms with E-state index in [-0.39, 0.29) is 12.5 Å². The first-order chi connectivity index (χ1) is 9.93. The van der Waals surface area contributed by atoms with E-state index in [0.29, 0.717) is 17.9 Å². The minimum atomic E-state index is -0.830. The number of nitrogens with one attached hydrogen (secondary N) is 1. The molecular weight excluding hydrogens is 290 g/mol. The second-order valence-corrected chi connectivity index (χ2v) is 5.91. The monoisotopic (exact) mass is 307 g/mol. The first kappa shape index (κ1) is 15.6. The molecule has 0 aliphatic heterocycles. The molecular formula is C16H18ClNO3. The molecule has 1 fully saturated rings. The zero-order valence-corrected chi connectivity index (χ0v) is 12.6. The van der Waals surface area contributed by atoms with Gasteiger partial charge in [-0.2, -0.15) is 0 Å². The van der Waals surface area contributed by atoms with E-state index in [1.165, 1.54) is 6.08 Å². The van der Waals surface area contributed by atoms with Gasteiger partial charge in [-0.25, -0.2) is 0 Å². The molecule has 4 nitrogen and oxygen atoms in total. The molecule has 112 valence electrons. The smallest absolute Gasteiger partial charge is 0.311 e. The highest BCUT2D eigenvalue weighted by Gasteiger charge is 2.44. The minimum absolute atomic E-state index is 0.181. The van der Waals surface area contributed by atoms with Crippen molar-refractivity contribution >= 4 is 29.6 Å². The standard InChI is InChI=1S/C16H18ClNO3/c1-11-3-4-12(9-13(11)17)5-6-14(19)18-10-16(15(20)21)7-2-8-16/h3-6,9H,2,7-8,10H2,1H3,(H,18,19)(H,20,21)/b6-5+. The fourth-order valence-corrected chi connectivity index (χ4v) is 2.46. The predicted octanol–water partition coefficient (Wildman–Crippen LogP) is 3.03. The number of carboxylic acid groups (broad SMARTS) is 1. The third-order valence-electron chi connectivity index (χ3n) is 3.99. The van der Waals surface area contributed by atoms with E-state index in [2.05, 4.69) is 5.32 Å². The number of aryl methyl sites for hydroxylation is 1. The number of hydrogen-bond acceptors (Lipinski definition) is 2. The number of carboxylic acids is 1. The van der Waals surface area contributed by atoms with E-state index < -0.39 is 11.4 Å². The Morgan fingerprint density at radius 2 is 2.14 bits per heavy atom. The van der Waals surface area contributed by atoms with Crippen LogP contribution in [0.3, 0.4) is 0 Å². The van der Waals surface area contributed by atoms with Gasteiger partial charge < -0.3 is 10.4 Å².